The van der Waals surface area contributed by atoms with Crippen molar-refractivity contribution in [2.24, 2.45) is 0 Å². The van der Waals surface area contributed by atoms with Gasteiger partial charge in [0.25, 0.3) is 0 Å². The Morgan fingerprint density at radius 1 is 0.377 bits per heavy atom. The van der Waals surface area contributed by atoms with Gasteiger partial charge in [0.1, 0.15) is 36.6 Å². The number of ether oxygens (including phenoxy) is 6. The third-order valence-corrected chi connectivity index (χ3v) is 12.0. The summed E-state index contributed by atoms with van der Waals surface area (Å²) in [4.78, 5) is 82.6. The van der Waals surface area contributed by atoms with Crippen LogP contribution in [0, 0.1) is 0 Å². The standard InChI is InChI=1S/C54H99N3O12/c1-43-31-25-19-13-16-22-28-35-47(59)65-41-38-56(50(62)68-53(7,8)9)45(3)33-27-21-15-18-24-30-36-48(60)66-42-39-57(51(63)69-54(10,11)12)44(2)32-26-20-14-17-23-29-34-46(58)64-40-37-55(43)49(61)67-52(4,5)6/h43-45H,13-42H2,1-12H3/t43-,44-,45-/m1/s1. The third kappa shape index (κ3) is 33.4. The van der Waals surface area contributed by atoms with Crippen LogP contribution in [0.4, 0.5) is 14.4 Å². The summed E-state index contributed by atoms with van der Waals surface area (Å²) in [5, 5.41) is 0. The zero-order valence-corrected chi connectivity index (χ0v) is 45.7. The number of rotatable bonds is 0. The van der Waals surface area contributed by atoms with Crippen molar-refractivity contribution in [3.05, 3.63) is 0 Å². The van der Waals surface area contributed by atoms with Crippen molar-refractivity contribution in [2.75, 3.05) is 39.5 Å². The van der Waals surface area contributed by atoms with Crippen LogP contribution in [0.15, 0.2) is 0 Å². The maximum Gasteiger partial charge on any atom is 0.410 e. The van der Waals surface area contributed by atoms with E-state index in [2.05, 4.69) is 0 Å². The molecule has 69 heavy (non-hydrogen) atoms. The number of carbonyl (C=O) groups is 6. The van der Waals surface area contributed by atoms with Crippen molar-refractivity contribution in [3.8, 4) is 0 Å². The van der Waals surface area contributed by atoms with Crippen molar-refractivity contribution in [3.63, 3.8) is 0 Å². The molecule has 1 fully saturated rings. The van der Waals surface area contributed by atoms with E-state index < -0.39 is 35.1 Å². The minimum Gasteiger partial charge on any atom is -0.464 e. The smallest absolute Gasteiger partial charge is 0.410 e. The van der Waals surface area contributed by atoms with Crippen LogP contribution >= 0.6 is 0 Å². The zero-order chi connectivity index (χ0) is 51.9. The summed E-state index contributed by atoms with van der Waals surface area (Å²) in [5.41, 5.74) is -1.97. The monoisotopic (exact) mass is 982 g/mol. The molecule has 3 atom stereocenters. The molecule has 3 amide bonds. The summed E-state index contributed by atoms with van der Waals surface area (Å²) in [7, 11) is 0. The number of cyclic esters (lactones) is 3. The van der Waals surface area contributed by atoms with Crippen LogP contribution in [0.3, 0.4) is 0 Å². The van der Waals surface area contributed by atoms with Crippen LogP contribution in [-0.2, 0) is 42.8 Å². The second-order valence-corrected chi connectivity index (χ2v) is 22.2. The number of nitrogens with zero attached hydrogens (tertiary/aromatic N) is 3. The molecule has 0 aromatic carbocycles. The van der Waals surface area contributed by atoms with E-state index in [1.807, 2.05) is 83.1 Å². The Morgan fingerprint density at radius 2 is 0.580 bits per heavy atom. The molecule has 15 nitrogen and oxygen atoms in total. The Hall–Kier alpha value is -3.78. The number of esters is 3. The van der Waals surface area contributed by atoms with Crippen LogP contribution in [0.1, 0.15) is 237 Å². The lowest BCUT2D eigenvalue weighted by atomic mass is 10.0. The first kappa shape index (κ1) is 63.2. The fraction of sp³-hybridized carbons (Fsp3) is 0.889. The minimum atomic E-state index is -0.656. The van der Waals surface area contributed by atoms with Crippen molar-refractivity contribution < 1.29 is 57.2 Å². The van der Waals surface area contributed by atoms with E-state index in [0.29, 0.717) is 19.3 Å². The van der Waals surface area contributed by atoms with Gasteiger partial charge in [-0.2, -0.15) is 0 Å². The Labute approximate surface area is 418 Å². The summed E-state index contributed by atoms with van der Waals surface area (Å²) in [6, 6.07) is -0.292. The van der Waals surface area contributed by atoms with Gasteiger partial charge in [0.05, 0.1) is 19.6 Å². The first-order valence-corrected chi connectivity index (χ1v) is 26.8. The Kier molecular flexibility index (Phi) is 31.6. The van der Waals surface area contributed by atoms with E-state index in [0.717, 1.165) is 135 Å². The van der Waals surface area contributed by atoms with Gasteiger partial charge in [0.15, 0.2) is 0 Å². The molecule has 15 heteroatoms. The zero-order valence-electron chi connectivity index (χ0n) is 45.7. The molecule has 0 aliphatic carbocycles. The molecule has 1 aliphatic heterocycles. The summed E-state index contributed by atoms with van der Waals surface area (Å²) in [6.07, 6.45) is 18.8. The molecule has 0 radical (unpaired) electrons. The molecule has 0 aromatic heterocycles. The van der Waals surface area contributed by atoms with E-state index in [9.17, 15) is 28.8 Å². The van der Waals surface area contributed by atoms with Gasteiger partial charge in [-0.15, -0.1) is 0 Å². The van der Waals surface area contributed by atoms with E-state index in [1.165, 1.54) is 0 Å². The molecule has 0 spiro atoms. The van der Waals surface area contributed by atoms with Crippen LogP contribution < -0.4 is 0 Å². The van der Waals surface area contributed by atoms with Crippen molar-refractivity contribution in [1.29, 1.82) is 0 Å². The van der Waals surface area contributed by atoms with Gasteiger partial charge in [-0.1, -0.05) is 96.3 Å². The Morgan fingerprint density at radius 3 is 0.797 bits per heavy atom. The van der Waals surface area contributed by atoms with Crippen molar-refractivity contribution in [1.82, 2.24) is 14.7 Å². The molecule has 0 aromatic rings. The Bertz CT molecular complexity index is 1300. The second-order valence-electron chi connectivity index (χ2n) is 22.2. The van der Waals surface area contributed by atoms with Crippen LogP contribution in [0.5, 0.6) is 0 Å². The van der Waals surface area contributed by atoms with Crippen LogP contribution in [0.25, 0.3) is 0 Å². The maximum atomic E-state index is 13.2. The van der Waals surface area contributed by atoms with E-state index in [-0.39, 0.29) is 75.5 Å². The topological polar surface area (TPSA) is 168 Å². The lowest BCUT2D eigenvalue weighted by molar-refractivity contribution is -0.145. The fourth-order valence-corrected chi connectivity index (χ4v) is 8.14. The van der Waals surface area contributed by atoms with Crippen LogP contribution in [-0.4, -0.2) is 125 Å². The molecule has 0 N–H and O–H groups in total. The number of hydrogen-bond acceptors (Lipinski definition) is 12. The first-order valence-electron chi connectivity index (χ1n) is 26.8. The van der Waals surface area contributed by atoms with E-state index in [4.69, 9.17) is 28.4 Å². The molecule has 402 valence electrons. The second kappa shape index (κ2) is 34.5. The molecular weight excluding hydrogens is 883 g/mol. The van der Waals surface area contributed by atoms with Gasteiger partial charge in [-0.3, -0.25) is 14.4 Å². The molecule has 0 saturated carbocycles. The number of amides is 3. The van der Waals surface area contributed by atoms with E-state index in [1.54, 1.807) is 14.7 Å². The molecule has 1 heterocycles. The highest BCUT2D eigenvalue weighted by Gasteiger charge is 2.29. The molecule has 1 aliphatic rings. The van der Waals surface area contributed by atoms with Crippen molar-refractivity contribution >= 4 is 36.2 Å². The highest BCUT2D eigenvalue weighted by atomic mass is 16.6. The predicted octanol–water partition coefficient (Wildman–Crippen LogP) is 12.9. The summed E-state index contributed by atoms with van der Waals surface area (Å²) in [6.45, 7) is 23.6. The Balaban J connectivity index is 2.91. The maximum absolute atomic E-state index is 13.2. The largest absolute Gasteiger partial charge is 0.464 e. The van der Waals surface area contributed by atoms with Crippen molar-refractivity contribution in [2.45, 2.75) is 272 Å². The summed E-state index contributed by atoms with van der Waals surface area (Å²) < 4.78 is 33.9. The molecule has 0 unspecified atom stereocenters. The van der Waals surface area contributed by atoms with Gasteiger partial charge < -0.3 is 43.1 Å². The summed E-state index contributed by atoms with van der Waals surface area (Å²) >= 11 is 0. The third-order valence-electron chi connectivity index (χ3n) is 12.0. The quantitative estimate of drug-likeness (QED) is 0.167. The highest BCUT2D eigenvalue weighted by Crippen LogP contribution is 2.21. The number of carbonyl (C=O) groups excluding carboxylic acids is 6. The molecule has 1 saturated heterocycles. The van der Waals surface area contributed by atoms with Gasteiger partial charge >= 0.3 is 36.2 Å². The lowest BCUT2D eigenvalue weighted by Gasteiger charge is -2.31. The van der Waals surface area contributed by atoms with Gasteiger partial charge in [0.2, 0.25) is 0 Å². The van der Waals surface area contributed by atoms with Crippen LogP contribution in [0.2, 0.25) is 0 Å². The normalized spacial score (nSPS) is 22.9. The molecular formula is C54H99N3O12. The van der Waals surface area contributed by atoms with Gasteiger partial charge in [-0.05, 0) is 122 Å². The average molecular weight is 982 g/mol. The fourth-order valence-electron chi connectivity index (χ4n) is 8.14. The highest BCUT2D eigenvalue weighted by molar-refractivity contribution is 5.71. The van der Waals surface area contributed by atoms with Gasteiger partial charge in [-0.25, -0.2) is 14.4 Å². The molecule has 1 rings (SSSR count). The molecule has 0 bridgehead atoms. The van der Waals surface area contributed by atoms with Gasteiger partial charge in [0, 0.05) is 37.4 Å². The SMILES string of the molecule is C[C@@H]1CCCCCCCCC(=O)OCCN(C(=O)OC(C)(C)C)[C@H](C)CCCCCCCCC(=O)OCCN(C(=O)OC(C)(C)C)[C@H](C)CCCCCCCCC(=O)OCCN1C(=O)OC(C)(C)C. The first-order chi connectivity index (χ1) is 32.4. The minimum absolute atomic E-state index is 0.0974. The number of hydrogen-bond donors (Lipinski definition) is 0. The summed E-state index contributed by atoms with van der Waals surface area (Å²) in [5.74, 6) is -0.814. The predicted molar refractivity (Wildman–Crippen MR) is 271 cm³/mol. The average Bonchev–Trinajstić information content (AvgIpc) is 3.22. The van der Waals surface area contributed by atoms with E-state index >= 15 is 0 Å². The lowest BCUT2D eigenvalue weighted by Crippen LogP contribution is -2.44.